The highest BCUT2D eigenvalue weighted by Crippen LogP contribution is 2.22. The topological polar surface area (TPSA) is 74.3 Å². The second kappa shape index (κ2) is 8.35. The maximum atomic E-state index is 13.3. The molecule has 0 spiro atoms. The third kappa shape index (κ3) is 5.85. The Morgan fingerprint density at radius 2 is 2.16 bits per heavy atom. The van der Waals surface area contributed by atoms with E-state index in [1.807, 2.05) is 0 Å². The molecule has 1 amide bonds. The summed E-state index contributed by atoms with van der Waals surface area (Å²) < 4.78 is 19.4. The number of nitrogens with one attached hydrogen (secondary N) is 2. The van der Waals surface area contributed by atoms with Gasteiger partial charge in [-0.1, -0.05) is 22.6 Å². The van der Waals surface area contributed by atoms with Crippen LogP contribution in [-0.4, -0.2) is 38.4 Å². The molecule has 0 saturated carbocycles. The summed E-state index contributed by atoms with van der Waals surface area (Å²) in [5.74, 6) is -0.311. The van der Waals surface area contributed by atoms with Crippen molar-refractivity contribution in [3.8, 4) is 0 Å². The number of alkyl halides is 1. The quantitative estimate of drug-likeness (QED) is 0.450. The molecule has 0 aliphatic rings. The molecule has 7 heteroatoms. The van der Waals surface area contributed by atoms with Crippen LogP contribution in [0.15, 0.2) is 24.4 Å². The molecule has 0 fully saturated rings. The minimum atomic E-state index is -0.699. The fourth-order valence-electron chi connectivity index (χ4n) is 2.62. The number of H-pyrrole nitrogens is 1. The molecule has 3 N–H and O–H groups in total. The number of carbonyl (C=O) groups excluding carboxylic acids is 1. The molecule has 1 aromatic carbocycles. The smallest absolute Gasteiger partial charge is 0.407 e. The van der Waals surface area contributed by atoms with Gasteiger partial charge in [0.05, 0.1) is 12.1 Å². The highest BCUT2D eigenvalue weighted by Gasteiger charge is 2.25. The molecular weight excluding hydrogens is 438 g/mol. The van der Waals surface area contributed by atoms with E-state index in [1.165, 1.54) is 12.1 Å². The zero-order valence-electron chi connectivity index (χ0n) is 14.6. The molecule has 5 nitrogen and oxygen atoms in total. The first kappa shape index (κ1) is 20.0. The van der Waals surface area contributed by atoms with Crippen molar-refractivity contribution in [2.75, 3.05) is 4.43 Å². The van der Waals surface area contributed by atoms with Gasteiger partial charge in [0.1, 0.15) is 11.4 Å². The van der Waals surface area contributed by atoms with Crippen molar-refractivity contribution in [3.63, 3.8) is 0 Å². The number of rotatable bonds is 6. The Kier molecular flexibility index (Phi) is 6.67. The summed E-state index contributed by atoms with van der Waals surface area (Å²) in [6.07, 6.45) is 1.50. The number of aromatic nitrogens is 1. The van der Waals surface area contributed by atoms with Gasteiger partial charge in [-0.15, -0.1) is 0 Å². The van der Waals surface area contributed by atoms with Crippen molar-refractivity contribution < 1.29 is 19.0 Å². The monoisotopic (exact) mass is 462 g/mol. The minimum absolute atomic E-state index is 0.311. The number of aromatic amines is 1. The summed E-state index contributed by atoms with van der Waals surface area (Å²) >= 11 is 2.19. The van der Waals surface area contributed by atoms with Crippen molar-refractivity contribution in [2.24, 2.45) is 0 Å². The number of hydrogen-bond acceptors (Lipinski definition) is 3. The summed E-state index contributed by atoms with van der Waals surface area (Å²) in [6.45, 7) is 5.37. The molecule has 0 bridgehead atoms. The van der Waals surface area contributed by atoms with Gasteiger partial charge in [0.25, 0.3) is 0 Å². The predicted octanol–water partition coefficient (Wildman–Crippen LogP) is 3.93. The van der Waals surface area contributed by atoms with Crippen LogP contribution in [0.3, 0.4) is 0 Å². The summed E-state index contributed by atoms with van der Waals surface area (Å²) in [5, 5.41) is 14.1. The van der Waals surface area contributed by atoms with E-state index in [0.29, 0.717) is 18.4 Å². The number of benzene rings is 1. The zero-order valence-corrected chi connectivity index (χ0v) is 16.8. The average molecular weight is 462 g/mol. The highest BCUT2D eigenvalue weighted by molar-refractivity contribution is 14.1. The predicted molar refractivity (Wildman–Crippen MR) is 105 cm³/mol. The van der Waals surface area contributed by atoms with Crippen molar-refractivity contribution >= 4 is 39.6 Å². The maximum absolute atomic E-state index is 13.3. The van der Waals surface area contributed by atoms with E-state index in [4.69, 9.17) is 4.74 Å². The van der Waals surface area contributed by atoms with E-state index < -0.39 is 23.8 Å². The van der Waals surface area contributed by atoms with E-state index in [-0.39, 0.29) is 5.82 Å². The van der Waals surface area contributed by atoms with Gasteiger partial charge in [-0.2, -0.15) is 0 Å². The largest absolute Gasteiger partial charge is 0.444 e. The van der Waals surface area contributed by atoms with Crippen LogP contribution in [0.25, 0.3) is 10.9 Å². The van der Waals surface area contributed by atoms with Crippen LogP contribution in [0.5, 0.6) is 0 Å². The van der Waals surface area contributed by atoms with Gasteiger partial charge in [-0.05, 0) is 57.4 Å². The molecule has 0 aliphatic heterocycles. The number of carbonyl (C=O) groups is 1. The molecule has 0 aliphatic carbocycles. The molecule has 2 aromatic rings. The van der Waals surface area contributed by atoms with Crippen LogP contribution in [0.1, 0.15) is 32.8 Å². The average Bonchev–Trinajstić information content (AvgIpc) is 2.87. The van der Waals surface area contributed by atoms with Crippen LogP contribution in [-0.2, 0) is 11.2 Å². The molecule has 1 aromatic heterocycles. The first-order valence-electron chi connectivity index (χ1n) is 8.18. The van der Waals surface area contributed by atoms with Crippen LogP contribution >= 0.6 is 22.6 Å². The Morgan fingerprint density at radius 1 is 1.44 bits per heavy atom. The van der Waals surface area contributed by atoms with E-state index >= 15 is 0 Å². The van der Waals surface area contributed by atoms with Crippen LogP contribution < -0.4 is 5.32 Å². The summed E-state index contributed by atoms with van der Waals surface area (Å²) in [7, 11) is 0. The van der Waals surface area contributed by atoms with Crippen molar-refractivity contribution in [2.45, 2.75) is 51.4 Å². The normalized spacial score (nSPS) is 14.3. The first-order valence-corrected chi connectivity index (χ1v) is 9.71. The maximum Gasteiger partial charge on any atom is 0.407 e. The molecule has 1 heterocycles. The van der Waals surface area contributed by atoms with E-state index in [0.717, 1.165) is 15.4 Å². The Morgan fingerprint density at radius 3 is 2.80 bits per heavy atom. The summed E-state index contributed by atoms with van der Waals surface area (Å²) in [6, 6.07) is 4.04. The minimum Gasteiger partial charge on any atom is -0.444 e. The standard InChI is InChI=1S/C18H24FIN2O3/c1-18(2,3)25-17(24)22-15(16(23)6-7-20)8-11-10-21-14-9-12(19)4-5-13(11)14/h4-5,9-10,15-16,21,23H,6-8H2,1-3H3,(H,22,24)/t15-,16+/m1/s1. The van der Waals surface area contributed by atoms with Crippen LogP contribution in [0.2, 0.25) is 0 Å². The third-order valence-corrected chi connectivity index (χ3v) is 4.36. The fourth-order valence-corrected chi connectivity index (χ4v) is 3.26. The molecule has 0 unspecified atom stereocenters. The van der Waals surface area contributed by atoms with Gasteiger partial charge in [0.15, 0.2) is 0 Å². The Balaban J connectivity index is 2.18. The lowest BCUT2D eigenvalue weighted by atomic mass is 9.99. The molecule has 138 valence electrons. The van der Waals surface area contributed by atoms with Gasteiger partial charge in [-0.3, -0.25) is 0 Å². The lowest BCUT2D eigenvalue weighted by Gasteiger charge is -2.26. The Bertz CT molecular complexity index is 727. The van der Waals surface area contributed by atoms with Gasteiger partial charge >= 0.3 is 6.09 Å². The second-order valence-corrected chi connectivity index (χ2v) is 8.08. The Labute approximate surface area is 160 Å². The third-order valence-electron chi connectivity index (χ3n) is 3.74. The zero-order chi connectivity index (χ0) is 18.6. The molecule has 0 radical (unpaired) electrons. The number of alkyl carbamates (subject to hydrolysis) is 1. The van der Waals surface area contributed by atoms with Crippen molar-refractivity contribution in [1.29, 1.82) is 0 Å². The number of amides is 1. The van der Waals surface area contributed by atoms with E-state index in [2.05, 4.69) is 32.9 Å². The number of aliphatic hydroxyl groups excluding tert-OH is 1. The molecule has 0 saturated heterocycles. The summed E-state index contributed by atoms with van der Waals surface area (Å²) in [4.78, 5) is 15.1. The summed E-state index contributed by atoms with van der Waals surface area (Å²) in [5.41, 5.74) is 0.985. The SMILES string of the molecule is CC(C)(C)OC(=O)N[C@H](Cc1c[nH]c2cc(F)ccc12)[C@@H](O)CCI. The molecule has 2 rings (SSSR count). The number of fused-ring (bicyclic) bond motifs is 1. The lowest BCUT2D eigenvalue weighted by molar-refractivity contribution is 0.0421. The van der Waals surface area contributed by atoms with Gasteiger partial charge < -0.3 is 20.1 Å². The molecule has 25 heavy (non-hydrogen) atoms. The molecular formula is C18H24FIN2O3. The van der Waals surface area contributed by atoms with E-state index in [9.17, 15) is 14.3 Å². The van der Waals surface area contributed by atoms with E-state index in [1.54, 1.807) is 33.0 Å². The van der Waals surface area contributed by atoms with Crippen LogP contribution in [0, 0.1) is 5.82 Å². The number of hydrogen-bond donors (Lipinski definition) is 3. The molecule has 2 atom stereocenters. The number of aliphatic hydroxyl groups is 1. The second-order valence-electron chi connectivity index (χ2n) is 7.01. The van der Waals surface area contributed by atoms with Crippen molar-refractivity contribution in [3.05, 3.63) is 35.8 Å². The fraction of sp³-hybridized carbons (Fsp3) is 0.500. The van der Waals surface area contributed by atoms with Gasteiger partial charge in [-0.25, -0.2) is 9.18 Å². The highest BCUT2D eigenvalue weighted by atomic mass is 127. The first-order chi connectivity index (χ1) is 11.7. The number of halogens is 2. The van der Waals surface area contributed by atoms with Crippen LogP contribution in [0.4, 0.5) is 9.18 Å². The van der Waals surface area contributed by atoms with Gasteiger partial charge in [0.2, 0.25) is 0 Å². The number of ether oxygens (including phenoxy) is 1. The Hall–Kier alpha value is -1.35. The van der Waals surface area contributed by atoms with Gasteiger partial charge in [0, 0.05) is 21.5 Å². The van der Waals surface area contributed by atoms with Crippen molar-refractivity contribution in [1.82, 2.24) is 10.3 Å². The lowest BCUT2D eigenvalue weighted by Crippen LogP contribution is -2.46.